The maximum Gasteiger partial charge on any atom is 0.425 e. The van der Waals surface area contributed by atoms with Crippen molar-refractivity contribution in [2.45, 2.75) is 31.0 Å². The Kier molecular flexibility index (Phi) is 11.8. The molecule has 250 valence electrons. The van der Waals surface area contributed by atoms with Crippen molar-refractivity contribution in [3.63, 3.8) is 0 Å². The summed E-state index contributed by atoms with van der Waals surface area (Å²) < 4.78 is 92.4. The van der Waals surface area contributed by atoms with Crippen LogP contribution in [0.2, 0.25) is 5.28 Å². The van der Waals surface area contributed by atoms with E-state index in [1.54, 1.807) is 24.3 Å². The Balaban J connectivity index is 0.00000142. The summed E-state index contributed by atoms with van der Waals surface area (Å²) in [7, 11) is -12.6. The quantitative estimate of drug-likeness (QED) is 0.116. The fraction of sp³-hybridized carbons (Fsp3) is 0.167. The number of nitrogens with one attached hydrogen (secondary N) is 2. The molecule has 2 aromatic carbocycles. The number of para-hydroxylation sites is 1. The molecule has 5 N–H and O–H groups in total. The van der Waals surface area contributed by atoms with Crippen LogP contribution < -0.4 is 16.2 Å². The first-order valence-electron chi connectivity index (χ1n) is 12.6. The first-order chi connectivity index (χ1) is 21.9. The number of hydrogen-bond donors (Lipinski definition) is 5. The second kappa shape index (κ2) is 15.1. The van der Waals surface area contributed by atoms with Crippen LogP contribution in [0, 0.1) is 6.92 Å². The molecule has 19 nitrogen and oxygen atoms in total. The number of pyridine rings is 1. The molecule has 23 heteroatoms. The summed E-state index contributed by atoms with van der Waals surface area (Å²) in [6.45, 7) is 2.66. The molecular formula is C24H23ClN8O11S3. The van der Waals surface area contributed by atoms with E-state index in [9.17, 15) is 35.8 Å². The van der Waals surface area contributed by atoms with Gasteiger partial charge in [0.25, 0.3) is 25.8 Å². The minimum atomic E-state index is -4.84. The second-order valence-corrected chi connectivity index (χ2v) is 12.6. The van der Waals surface area contributed by atoms with Crippen molar-refractivity contribution in [2.24, 2.45) is 10.2 Å². The molecule has 4 aromatic rings. The van der Waals surface area contributed by atoms with Crippen molar-refractivity contribution in [1.82, 2.24) is 19.5 Å². The van der Waals surface area contributed by atoms with Gasteiger partial charge in [0.05, 0.1) is 0 Å². The van der Waals surface area contributed by atoms with E-state index in [2.05, 4.69) is 35.8 Å². The summed E-state index contributed by atoms with van der Waals surface area (Å²) in [4.78, 5) is 24.5. The predicted molar refractivity (Wildman–Crippen MR) is 166 cm³/mol. The third-order valence-electron chi connectivity index (χ3n) is 5.81. The lowest BCUT2D eigenvalue weighted by Crippen LogP contribution is -2.22. The van der Waals surface area contributed by atoms with E-state index in [1.807, 2.05) is 6.07 Å². The Morgan fingerprint density at radius 2 is 1.49 bits per heavy atom. The van der Waals surface area contributed by atoms with E-state index in [0.29, 0.717) is 5.69 Å². The van der Waals surface area contributed by atoms with Gasteiger partial charge in [0.15, 0.2) is 11.6 Å². The van der Waals surface area contributed by atoms with E-state index in [-0.39, 0.29) is 40.5 Å². The molecule has 0 spiro atoms. The Hall–Kier alpha value is -4.87. The lowest BCUT2D eigenvalue weighted by molar-refractivity contribution is 0.403. The molecule has 0 unspecified atom stereocenters. The smallest absolute Gasteiger partial charge is 0.425 e. The molecule has 0 radical (unpaired) electrons. The van der Waals surface area contributed by atoms with Crippen LogP contribution in [-0.4, -0.2) is 63.2 Å². The maximum absolute atomic E-state index is 13.0. The van der Waals surface area contributed by atoms with Crippen molar-refractivity contribution >= 4 is 77.1 Å². The summed E-state index contributed by atoms with van der Waals surface area (Å²) in [5.41, 5.74) is -1.36. The van der Waals surface area contributed by atoms with Crippen LogP contribution in [0.4, 0.5) is 34.6 Å². The van der Waals surface area contributed by atoms with Gasteiger partial charge in [-0.05, 0) is 61.3 Å². The van der Waals surface area contributed by atoms with E-state index in [4.69, 9.17) is 24.2 Å². The molecule has 0 amide bonds. The van der Waals surface area contributed by atoms with Gasteiger partial charge in [-0.1, -0.05) is 18.2 Å². The highest BCUT2D eigenvalue weighted by Crippen LogP contribution is 2.33. The zero-order valence-electron chi connectivity index (χ0n) is 23.9. The van der Waals surface area contributed by atoms with E-state index < -0.39 is 64.3 Å². The van der Waals surface area contributed by atoms with Crippen LogP contribution in [0.5, 0.6) is 5.88 Å². The molecule has 0 saturated carbocycles. The summed E-state index contributed by atoms with van der Waals surface area (Å²) >= 11 is 6.04. The molecule has 0 fully saturated rings. The van der Waals surface area contributed by atoms with Gasteiger partial charge in [-0.25, -0.2) is 0 Å². The van der Waals surface area contributed by atoms with Crippen LogP contribution in [0.3, 0.4) is 0 Å². The Morgan fingerprint density at radius 3 is 2.02 bits per heavy atom. The SMILES string of the molecule is CCn1c(O)c(CS(=O)(=O)O)c(C)c(N=Nc2cc(Nc3nc(Cl)nc(Nc4ccccc4)n3)ccc2S(=O)(=O)O)c1=O.O=S(=O)=O. The molecule has 0 aliphatic carbocycles. The minimum absolute atomic E-state index is 0.0454. The largest absolute Gasteiger partial charge is 0.494 e. The zero-order valence-corrected chi connectivity index (χ0v) is 27.1. The van der Waals surface area contributed by atoms with Gasteiger partial charge in [-0.3, -0.25) is 18.5 Å². The number of benzene rings is 2. The molecule has 0 atom stereocenters. The second-order valence-electron chi connectivity index (χ2n) is 8.98. The van der Waals surface area contributed by atoms with E-state index in [0.717, 1.165) is 16.7 Å². The number of nitrogens with zero attached hydrogens (tertiary/aromatic N) is 6. The zero-order chi connectivity index (χ0) is 35.1. The Morgan fingerprint density at radius 1 is 0.915 bits per heavy atom. The number of azo groups is 1. The third kappa shape index (κ3) is 10.3. The lowest BCUT2D eigenvalue weighted by Gasteiger charge is -2.14. The summed E-state index contributed by atoms with van der Waals surface area (Å²) in [6, 6.07) is 12.4. The average Bonchev–Trinajstić information content (AvgIpc) is 2.94. The topological polar surface area (TPSA) is 290 Å². The number of aromatic hydroxyl groups is 1. The molecule has 2 heterocycles. The lowest BCUT2D eigenvalue weighted by atomic mass is 10.1. The van der Waals surface area contributed by atoms with Crippen molar-refractivity contribution in [1.29, 1.82) is 0 Å². The van der Waals surface area contributed by atoms with Gasteiger partial charge in [0.1, 0.15) is 16.3 Å². The fourth-order valence-electron chi connectivity index (χ4n) is 3.86. The van der Waals surface area contributed by atoms with Gasteiger partial charge in [0.2, 0.25) is 17.2 Å². The van der Waals surface area contributed by atoms with Crippen LogP contribution in [0.25, 0.3) is 0 Å². The number of halogens is 1. The molecule has 0 aliphatic heterocycles. The average molecular weight is 731 g/mol. The van der Waals surface area contributed by atoms with Gasteiger partial charge < -0.3 is 15.7 Å². The van der Waals surface area contributed by atoms with E-state index >= 15 is 0 Å². The van der Waals surface area contributed by atoms with Gasteiger partial charge >= 0.3 is 10.6 Å². The first kappa shape index (κ1) is 36.6. The van der Waals surface area contributed by atoms with Crippen LogP contribution in [-0.2, 0) is 43.1 Å². The Bertz CT molecular complexity index is 2230. The number of anilines is 4. The summed E-state index contributed by atoms with van der Waals surface area (Å²) in [5.74, 6) is -1.67. The Labute approximate surface area is 272 Å². The molecule has 4 rings (SSSR count). The third-order valence-corrected chi connectivity index (χ3v) is 7.54. The highest BCUT2D eigenvalue weighted by molar-refractivity contribution is 7.86. The van der Waals surface area contributed by atoms with Crippen LogP contribution in [0.15, 0.2) is 68.4 Å². The molecule has 0 bridgehead atoms. The number of aromatic nitrogens is 4. The molecular weight excluding hydrogens is 708 g/mol. The molecule has 0 saturated heterocycles. The standard InChI is InChI=1S/C24H23ClN8O8S2.O3S/c1-3-33-20(34)16(12-42(36,37)38)13(2)19(21(33)35)32-31-17-11-15(9-10-18(17)43(39,40)41)27-24-29-22(25)28-23(30-24)26-14-7-5-4-6-8-14;1-4(2)3/h4-11,34H,3,12H2,1-2H3,(H,36,37,38)(H,39,40,41)(H2,26,27,28,29,30);. The monoisotopic (exact) mass is 730 g/mol. The van der Waals surface area contributed by atoms with Crippen LogP contribution >= 0.6 is 11.6 Å². The molecule has 47 heavy (non-hydrogen) atoms. The summed E-state index contributed by atoms with van der Waals surface area (Å²) in [6.07, 6.45) is 0. The number of hydrogen-bond acceptors (Lipinski definition) is 16. The normalized spacial score (nSPS) is 11.5. The first-order valence-corrected chi connectivity index (χ1v) is 17.0. The minimum Gasteiger partial charge on any atom is -0.494 e. The predicted octanol–water partition coefficient (Wildman–Crippen LogP) is 3.25. The fourth-order valence-corrected chi connectivity index (χ4v) is 5.34. The highest BCUT2D eigenvalue weighted by atomic mass is 35.5. The van der Waals surface area contributed by atoms with Crippen LogP contribution in [0.1, 0.15) is 18.1 Å². The maximum atomic E-state index is 13.0. The van der Waals surface area contributed by atoms with Crippen molar-refractivity contribution < 1.29 is 43.7 Å². The number of rotatable bonds is 10. The van der Waals surface area contributed by atoms with Crippen molar-refractivity contribution in [3.8, 4) is 5.88 Å². The van der Waals surface area contributed by atoms with Gasteiger partial charge in [0, 0.05) is 23.5 Å². The van der Waals surface area contributed by atoms with Crippen molar-refractivity contribution in [2.75, 3.05) is 10.6 Å². The highest BCUT2D eigenvalue weighted by Gasteiger charge is 2.23. The van der Waals surface area contributed by atoms with E-state index in [1.165, 1.54) is 19.9 Å². The van der Waals surface area contributed by atoms with Crippen molar-refractivity contribution in [3.05, 3.63) is 75.3 Å². The molecule has 2 aromatic heterocycles. The summed E-state index contributed by atoms with van der Waals surface area (Å²) in [5, 5.41) is 23.7. The van der Waals surface area contributed by atoms with Gasteiger partial charge in [-0.15, -0.1) is 22.9 Å². The van der Waals surface area contributed by atoms with Gasteiger partial charge in [-0.2, -0.15) is 31.8 Å². The molecule has 0 aliphatic rings.